The molecule has 3 atom stereocenters. The standard InChI is InChI=1S/C22H21BrCl2N2/c23-18-3-1-2-17(12-18)15-4-6-16(7-5-15)22(27-11-10-26-14-27)20-9-8-19(24)13-21(20)25/h4-11,13-14,17-18,22H,1-3,12H2. The number of rotatable bonds is 4. The van der Waals surface area contributed by atoms with Gasteiger partial charge in [0, 0.05) is 27.3 Å². The lowest BCUT2D eigenvalue weighted by Gasteiger charge is -2.27. The second kappa shape index (κ2) is 8.38. The Morgan fingerprint density at radius 1 is 1.07 bits per heavy atom. The molecule has 3 unspecified atom stereocenters. The minimum absolute atomic E-state index is 0.0263. The summed E-state index contributed by atoms with van der Waals surface area (Å²) in [5, 5.41) is 1.31. The summed E-state index contributed by atoms with van der Waals surface area (Å²) in [5.74, 6) is 0.642. The van der Waals surface area contributed by atoms with E-state index in [0.29, 0.717) is 20.8 Å². The van der Waals surface area contributed by atoms with Crippen LogP contribution in [0.15, 0.2) is 61.2 Å². The minimum atomic E-state index is -0.0263. The van der Waals surface area contributed by atoms with Crippen LogP contribution in [0, 0.1) is 0 Å². The van der Waals surface area contributed by atoms with E-state index in [1.165, 1.54) is 36.8 Å². The molecule has 5 heteroatoms. The van der Waals surface area contributed by atoms with Gasteiger partial charge in [0.25, 0.3) is 0 Å². The Kier molecular flexibility index (Phi) is 5.91. The van der Waals surface area contributed by atoms with Crippen molar-refractivity contribution in [1.29, 1.82) is 0 Å². The number of hydrogen-bond acceptors (Lipinski definition) is 1. The van der Waals surface area contributed by atoms with Gasteiger partial charge in [0.05, 0.1) is 12.4 Å². The maximum atomic E-state index is 6.54. The van der Waals surface area contributed by atoms with Crippen molar-refractivity contribution in [3.05, 3.63) is 87.9 Å². The minimum Gasteiger partial charge on any atom is -0.326 e. The zero-order valence-corrected chi connectivity index (χ0v) is 18.0. The van der Waals surface area contributed by atoms with Crippen molar-refractivity contribution < 1.29 is 0 Å². The van der Waals surface area contributed by atoms with Crippen LogP contribution in [0.4, 0.5) is 0 Å². The number of halogens is 3. The maximum Gasteiger partial charge on any atom is 0.0954 e. The van der Waals surface area contributed by atoms with Crippen LogP contribution >= 0.6 is 39.1 Å². The molecule has 4 rings (SSSR count). The molecule has 2 nitrogen and oxygen atoms in total. The first kappa shape index (κ1) is 19.0. The van der Waals surface area contributed by atoms with Crippen molar-refractivity contribution in [2.75, 3.05) is 0 Å². The Hall–Kier alpha value is -1.29. The Bertz CT molecular complexity index is 893. The van der Waals surface area contributed by atoms with Gasteiger partial charge in [-0.2, -0.15) is 0 Å². The average Bonchev–Trinajstić information content (AvgIpc) is 3.19. The normalized spacial score (nSPS) is 21.1. The molecule has 2 aromatic carbocycles. The molecule has 1 saturated carbocycles. The molecular weight excluding hydrogens is 443 g/mol. The summed E-state index contributed by atoms with van der Waals surface area (Å²) >= 11 is 16.4. The Morgan fingerprint density at radius 2 is 1.89 bits per heavy atom. The molecule has 0 radical (unpaired) electrons. The first-order valence-corrected chi connectivity index (χ1v) is 11.0. The first-order chi connectivity index (χ1) is 13.1. The maximum absolute atomic E-state index is 6.54. The van der Waals surface area contributed by atoms with E-state index in [2.05, 4.69) is 49.7 Å². The fraction of sp³-hybridized carbons (Fsp3) is 0.318. The van der Waals surface area contributed by atoms with E-state index in [4.69, 9.17) is 23.2 Å². The monoisotopic (exact) mass is 462 g/mol. The smallest absolute Gasteiger partial charge is 0.0954 e. The number of imidazole rings is 1. The van der Waals surface area contributed by atoms with Gasteiger partial charge in [-0.25, -0.2) is 4.98 Å². The highest BCUT2D eigenvalue weighted by molar-refractivity contribution is 9.09. The largest absolute Gasteiger partial charge is 0.326 e. The fourth-order valence-corrected chi connectivity index (χ4v) is 5.33. The summed E-state index contributed by atoms with van der Waals surface area (Å²) in [7, 11) is 0. The summed E-state index contributed by atoms with van der Waals surface area (Å²) in [6.45, 7) is 0. The molecular formula is C22H21BrCl2N2. The van der Waals surface area contributed by atoms with Crippen molar-refractivity contribution in [2.45, 2.75) is 42.5 Å². The molecule has 1 heterocycles. The van der Waals surface area contributed by atoms with E-state index in [-0.39, 0.29) is 6.04 Å². The van der Waals surface area contributed by atoms with Crippen LogP contribution < -0.4 is 0 Å². The highest BCUT2D eigenvalue weighted by atomic mass is 79.9. The lowest BCUT2D eigenvalue weighted by molar-refractivity contribution is 0.458. The van der Waals surface area contributed by atoms with Gasteiger partial charge in [0.1, 0.15) is 0 Å². The van der Waals surface area contributed by atoms with Crippen molar-refractivity contribution in [2.24, 2.45) is 0 Å². The summed E-state index contributed by atoms with van der Waals surface area (Å²) in [6, 6.07) is 14.7. The van der Waals surface area contributed by atoms with E-state index in [1.54, 1.807) is 12.3 Å². The lowest BCUT2D eigenvalue weighted by Crippen LogP contribution is -2.14. The van der Waals surface area contributed by atoms with Crippen LogP contribution in [0.1, 0.15) is 54.3 Å². The lowest BCUT2D eigenvalue weighted by atomic mass is 9.83. The fourth-order valence-electron chi connectivity index (χ4n) is 4.04. The predicted molar refractivity (Wildman–Crippen MR) is 116 cm³/mol. The summed E-state index contributed by atoms with van der Waals surface area (Å²) in [5.41, 5.74) is 3.63. The molecule has 1 aliphatic carbocycles. The van der Waals surface area contributed by atoms with Crippen LogP contribution in [-0.2, 0) is 0 Å². The third-order valence-electron chi connectivity index (χ3n) is 5.41. The third kappa shape index (κ3) is 4.26. The van der Waals surface area contributed by atoms with E-state index in [9.17, 15) is 0 Å². The van der Waals surface area contributed by atoms with Crippen LogP contribution in [0.2, 0.25) is 10.0 Å². The Labute approximate surface area is 178 Å². The topological polar surface area (TPSA) is 17.8 Å². The summed E-state index contributed by atoms with van der Waals surface area (Å²) in [4.78, 5) is 4.87. The van der Waals surface area contributed by atoms with Crippen molar-refractivity contribution >= 4 is 39.1 Å². The summed E-state index contributed by atoms with van der Waals surface area (Å²) < 4.78 is 2.08. The van der Waals surface area contributed by atoms with Crippen LogP contribution in [-0.4, -0.2) is 14.4 Å². The van der Waals surface area contributed by atoms with Gasteiger partial charge in [-0.3, -0.25) is 0 Å². The van der Waals surface area contributed by atoms with Crippen molar-refractivity contribution in [3.63, 3.8) is 0 Å². The van der Waals surface area contributed by atoms with Gasteiger partial charge in [-0.05, 0) is 54.0 Å². The van der Waals surface area contributed by atoms with Gasteiger partial charge < -0.3 is 4.57 Å². The molecule has 140 valence electrons. The first-order valence-electron chi connectivity index (χ1n) is 9.28. The molecule has 0 saturated heterocycles. The molecule has 0 spiro atoms. The van der Waals surface area contributed by atoms with Crippen LogP contribution in [0.5, 0.6) is 0 Å². The molecule has 0 bridgehead atoms. The summed E-state index contributed by atoms with van der Waals surface area (Å²) in [6.07, 6.45) is 10.7. The van der Waals surface area contributed by atoms with Crippen molar-refractivity contribution in [3.8, 4) is 0 Å². The highest BCUT2D eigenvalue weighted by Crippen LogP contribution is 2.38. The molecule has 1 aromatic heterocycles. The molecule has 1 aliphatic rings. The average molecular weight is 464 g/mol. The van der Waals surface area contributed by atoms with E-state index < -0.39 is 0 Å². The van der Waals surface area contributed by atoms with Gasteiger partial charge >= 0.3 is 0 Å². The molecule has 0 N–H and O–H groups in total. The highest BCUT2D eigenvalue weighted by Gasteiger charge is 2.23. The van der Waals surface area contributed by atoms with E-state index in [0.717, 1.165) is 5.56 Å². The van der Waals surface area contributed by atoms with Gasteiger partial charge in [0.15, 0.2) is 0 Å². The molecule has 0 aliphatic heterocycles. The number of aromatic nitrogens is 2. The van der Waals surface area contributed by atoms with Crippen LogP contribution in [0.3, 0.4) is 0 Å². The Balaban J connectivity index is 1.68. The molecule has 0 amide bonds. The zero-order chi connectivity index (χ0) is 18.8. The Morgan fingerprint density at radius 3 is 2.56 bits per heavy atom. The number of hydrogen-bond donors (Lipinski definition) is 0. The molecule has 1 fully saturated rings. The second-order valence-electron chi connectivity index (χ2n) is 7.21. The molecule has 3 aromatic rings. The van der Waals surface area contributed by atoms with Crippen molar-refractivity contribution in [1.82, 2.24) is 9.55 Å². The quantitative estimate of drug-likeness (QED) is 0.372. The van der Waals surface area contributed by atoms with E-state index >= 15 is 0 Å². The number of alkyl halides is 1. The van der Waals surface area contributed by atoms with Crippen LogP contribution in [0.25, 0.3) is 0 Å². The third-order valence-corrected chi connectivity index (χ3v) is 6.81. The SMILES string of the molecule is Clc1ccc(C(c2ccc(C3CCCC(Br)C3)cc2)n2ccnc2)c(Cl)c1. The molecule has 27 heavy (non-hydrogen) atoms. The number of benzene rings is 2. The van der Waals surface area contributed by atoms with Gasteiger partial charge in [-0.15, -0.1) is 0 Å². The van der Waals surface area contributed by atoms with Gasteiger partial charge in [-0.1, -0.05) is 75.9 Å². The number of nitrogens with zero attached hydrogens (tertiary/aromatic N) is 2. The zero-order valence-electron chi connectivity index (χ0n) is 14.9. The second-order valence-corrected chi connectivity index (χ2v) is 9.34. The van der Waals surface area contributed by atoms with E-state index in [1.807, 2.05) is 24.7 Å². The predicted octanol–water partition coefficient (Wildman–Crippen LogP) is 7.25. The van der Waals surface area contributed by atoms with Gasteiger partial charge in [0.2, 0.25) is 0 Å².